The number of amides is 1. The largest absolute Gasteiger partial charge is 0.325 e. The molecule has 0 saturated heterocycles. The Morgan fingerprint density at radius 2 is 2.20 bits per heavy atom. The number of likely N-dealkylation sites (N-methyl/N-ethyl adjacent to an activating group) is 1. The van der Waals surface area contributed by atoms with Crippen LogP contribution in [0.3, 0.4) is 0 Å². The summed E-state index contributed by atoms with van der Waals surface area (Å²) >= 11 is 3.05. The van der Waals surface area contributed by atoms with Gasteiger partial charge in [0, 0.05) is 5.69 Å². The van der Waals surface area contributed by atoms with Crippen LogP contribution in [-0.2, 0) is 4.79 Å². The second-order valence-corrected chi connectivity index (χ2v) is 3.98. The van der Waals surface area contributed by atoms with Crippen LogP contribution in [0, 0.1) is 5.82 Å². The summed E-state index contributed by atoms with van der Waals surface area (Å²) in [6.45, 7) is 1.74. The molecule has 0 spiro atoms. The van der Waals surface area contributed by atoms with E-state index in [1.165, 1.54) is 18.2 Å². The van der Waals surface area contributed by atoms with Gasteiger partial charge in [0.1, 0.15) is 5.82 Å². The van der Waals surface area contributed by atoms with E-state index < -0.39 is 0 Å². The van der Waals surface area contributed by atoms with Crippen LogP contribution in [0.15, 0.2) is 22.7 Å². The van der Waals surface area contributed by atoms with Crippen molar-refractivity contribution in [3.8, 4) is 0 Å². The van der Waals surface area contributed by atoms with Crippen LogP contribution >= 0.6 is 15.9 Å². The van der Waals surface area contributed by atoms with E-state index in [-0.39, 0.29) is 17.8 Å². The van der Waals surface area contributed by atoms with E-state index in [2.05, 4.69) is 26.6 Å². The molecule has 0 fully saturated rings. The Morgan fingerprint density at radius 1 is 1.53 bits per heavy atom. The molecule has 3 nitrogen and oxygen atoms in total. The summed E-state index contributed by atoms with van der Waals surface area (Å²) in [5, 5.41) is 5.48. The summed E-state index contributed by atoms with van der Waals surface area (Å²) < 4.78 is 13.2. The van der Waals surface area contributed by atoms with Gasteiger partial charge in [0.15, 0.2) is 0 Å². The maximum absolute atomic E-state index is 12.9. The van der Waals surface area contributed by atoms with Crippen molar-refractivity contribution >= 4 is 27.5 Å². The van der Waals surface area contributed by atoms with Gasteiger partial charge in [-0.3, -0.25) is 4.79 Å². The zero-order chi connectivity index (χ0) is 11.4. The van der Waals surface area contributed by atoms with Gasteiger partial charge < -0.3 is 10.6 Å². The van der Waals surface area contributed by atoms with Crippen LogP contribution in [-0.4, -0.2) is 19.0 Å². The minimum atomic E-state index is -0.352. The van der Waals surface area contributed by atoms with Gasteiger partial charge in [0.05, 0.1) is 10.5 Å². The van der Waals surface area contributed by atoms with Crippen LogP contribution in [0.5, 0.6) is 0 Å². The van der Waals surface area contributed by atoms with Crippen LogP contribution in [0.25, 0.3) is 0 Å². The molecule has 1 rings (SSSR count). The topological polar surface area (TPSA) is 41.1 Å². The predicted octanol–water partition coefficient (Wildman–Crippen LogP) is 2.13. The second kappa shape index (κ2) is 5.23. The van der Waals surface area contributed by atoms with Crippen molar-refractivity contribution in [2.75, 3.05) is 12.4 Å². The van der Waals surface area contributed by atoms with Crippen LogP contribution in [0.1, 0.15) is 6.92 Å². The number of benzene rings is 1. The van der Waals surface area contributed by atoms with E-state index in [4.69, 9.17) is 0 Å². The Labute approximate surface area is 96.2 Å². The summed E-state index contributed by atoms with van der Waals surface area (Å²) in [6, 6.07) is 4.05. The summed E-state index contributed by atoms with van der Waals surface area (Å²) in [5.41, 5.74) is 0.565. The van der Waals surface area contributed by atoms with E-state index in [9.17, 15) is 9.18 Å². The van der Waals surface area contributed by atoms with Gasteiger partial charge in [-0.15, -0.1) is 0 Å². The molecule has 1 atom stereocenters. The molecule has 15 heavy (non-hydrogen) atoms. The first kappa shape index (κ1) is 12.1. The standard InChI is InChI=1S/C10H12BrFN2O/c1-6(13-2)10(15)14-7-3-4-9(12)8(11)5-7/h3-6,13H,1-2H3,(H,14,15). The van der Waals surface area contributed by atoms with Crippen molar-refractivity contribution in [2.24, 2.45) is 0 Å². The van der Waals surface area contributed by atoms with E-state index in [1.807, 2.05) is 0 Å². The maximum Gasteiger partial charge on any atom is 0.241 e. The lowest BCUT2D eigenvalue weighted by molar-refractivity contribution is -0.117. The van der Waals surface area contributed by atoms with Gasteiger partial charge in [-0.1, -0.05) is 0 Å². The first-order valence-electron chi connectivity index (χ1n) is 4.47. The number of halogens is 2. The fourth-order valence-electron chi connectivity index (χ4n) is 0.955. The molecule has 0 aliphatic carbocycles. The van der Waals surface area contributed by atoms with Crippen molar-refractivity contribution in [3.05, 3.63) is 28.5 Å². The molecule has 2 N–H and O–H groups in total. The van der Waals surface area contributed by atoms with Crippen LogP contribution < -0.4 is 10.6 Å². The normalized spacial score (nSPS) is 12.3. The van der Waals surface area contributed by atoms with Crippen molar-refractivity contribution in [1.82, 2.24) is 5.32 Å². The minimum Gasteiger partial charge on any atom is -0.325 e. The zero-order valence-electron chi connectivity index (χ0n) is 8.47. The Balaban J connectivity index is 2.73. The molecule has 0 aliphatic rings. The fourth-order valence-corrected chi connectivity index (χ4v) is 1.33. The lowest BCUT2D eigenvalue weighted by atomic mass is 10.2. The highest BCUT2D eigenvalue weighted by atomic mass is 79.9. The summed E-state index contributed by atoms with van der Waals surface area (Å²) in [6.07, 6.45) is 0. The Hall–Kier alpha value is -0.940. The monoisotopic (exact) mass is 274 g/mol. The van der Waals surface area contributed by atoms with E-state index in [1.54, 1.807) is 14.0 Å². The average Bonchev–Trinajstić information content (AvgIpc) is 2.22. The third kappa shape index (κ3) is 3.28. The SMILES string of the molecule is CNC(C)C(=O)Nc1ccc(F)c(Br)c1. The molecule has 1 amide bonds. The molecular weight excluding hydrogens is 263 g/mol. The number of carbonyl (C=O) groups is 1. The van der Waals surface area contributed by atoms with Gasteiger partial charge in [-0.25, -0.2) is 4.39 Å². The number of nitrogens with one attached hydrogen (secondary N) is 2. The molecule has 5 heteroatoms. The highest BCUT2D eigenvalue weighted by Crippen LogP contribution is 2.19. The average molecular weight is 275 g/mol. The predicted molar refractivity (Wildman–Crippen MR) is 61.3 cm³/mol. The minimum absolute atomic E-state index is 0.156. The Bertz CT molecular complexity index is 370. The zero-order valence-corrected chi connectivity index (χ0v) is 10.1. The van der Waals surface area contributed by atoms with Crippen LogP contribution in [0.2, 0.25) is 0 Å². The number of carbonyl (C=O) groups excluding carboxylic acids is 1. The van der Waals surface area contributed by atoms with Crippen LogP contribution in [0.4, 0.5) is 10.1 Å². The fraction of sp³-hybridized carbons (Fsp3) is 0.300. The van der Waals surface area contributed by atoms with Crippen molar-refractivity contribution in [3.63, 3.8) is 0 Å². The van der Waals surface area contributed by atoms with Crippen molar-refractivity contribution in [2.45, 2.75) is 13.0 Å². The van der Waals surface area contributed by atoms with Gasteiger partial charge in [0.2, 0.25) is 5.91 Å². The highest BCUT2D eigenvalue weighted by molar-refractivity contribution is 9.10. The van der Waals surface area contributed by atoms with E-state index in [0.29, 0.717) is 10.2 Å². The summed E-state index contributed by atoms with van der Waals surface area (Å²) in [7, 11) is 1.70. The number of rotatable bonds is 3. The molecule has 0 aromatic heterocycles. The summed E-state index contributed by atoms with van der Waals surface area (Å²) in [4.78, 5) is 11.5. The highest BCUT2D eigenvalue weighted by Gasteiger charge is 2.10. The molecule has 0 bridgehead atoms. The third-order valence-corrected chi connectivity index (χ3v) is 2.62. The molecule has 0 saturated carbocycles. The van der Waals surface area contributed by atoms with E-state index >= 15 is 0 Å². The maximum atomic E-state index is 12.9. The first-order valence-corrected chi connectivity index (χ1v) is 5.27. The first-order chi connectivity index (χ1) is 7.04. The number of anilines is 1. The molecule has 0 radical (unpaired) electrons. The van der Waals surface area contributed by atoms with E-state index in [0.717, 1.165) is 0 Å². The Morgan fingerprint density at radius 3 is 2.73 bits per heavy atom. The molecular formula is C10H12BrFN2O. The van der Waals surface area contributed by atoms with Gasteiger partial charge in [0.25, 0.3) is 0 Å². The quantitative estimate of drug-likeness (QED) is 0.887. The van der Waals surface area contributed by atoms with Crippen molar-refractivity contribution < 1.29 is 9.18 Å². The van der Waals surface area contributed by atoms with Gasteiger partial charge in [-0.2, -0.15) is 0 Å². The molecule has 1 unspecified atom stereocenters. The second-order valence-electron chi connectivity index (χ2n) is 3.13. The number of hydrogen-bond donors (Lipinski definition) is 2. The van der Waals surface area contributed by atoms with Gasteiger partial charge in [-0.05, 0) is 48.1 Å². The Kier molecular flexibility index (Phi) is 4.23. The third-order valence-electron chi connectivity index (χ3n) is 2.01. The van der Waals surface area contributed by atoms with Crippen molar-refractivity contribution in [1.29, 1.82) is 0 Å². The lowest BCUT2D eigenvalue weighted by Crippen LogP contribution is -2.35. The molecule has 0 heterocycles. The molecule has 1 aromatic rings. The van der Waals surface area contributed by atoms with Gasteiger partial charge >= 0.3 is 0 Å². The number of hydrogen-bond acceptors (Lipinski definition) is 2. The molecule has 82 valence electrons. The summed E-state index contributed by atoms with van der Waals surface area (Å²) in [5.74, 6) is -0.509. The smallest absolute Gasteiger partial charge is 0.241 e. The molecule has 0 aliphatic heterocycles. The lowest BCUT2D eigenvalue weighted by Gasteiger charge is -2.11. The molecule has 1 aromatic carbocycles.